The van der Waals surface area contributed by atoms with Gasteiger partial charge in [0.1, 0.15) is 10.5 Å². The number of hydrogen-bond acceptors (Lipinski definition) is 7. The zero-order valence-electron chi connectivity index (χ0n) is 22.3. The predicted octanol–water partition coefficient (Wildman–Crippen LogP) is 6.52. The summed E-state index contributed by atoms with van der Waals surface area (Å²) in [6, 6.07) is 19.4. The number of thiazole rings is 1. The zero-order valence-corrected chi connectivity index (χ0v) is 24.7. The van der Waals surface area contributed by atoms with Gasteiger partial charge >= 0.3 is 0 Å². The van der Waals surface area contributed by atoms with E-state index in [1.165, 1.54) is 16.7 Å². The van der Waals surface area contributed by atoms with Gasteiger partial charge in [-0.05, 0) is 85.7 Å². The molecular weight excluding hydrogens is 566 g/mol. The van der Waals surface area contributed by atoms with E-state index in [1.54, 1.807) is 16.7 Å². The van der Waals surface area contributed by atoms with Crippen LogP contribution < -0.4 is 15.8 Å². The summed E-state index contributed by atoms with van der Waals surface area (Å²) >= 11 is 7.84. The normalized spacial score (nSPS) is 11.1. The number of carbonyl (C=O) groups is 1. The second-order valence-electron chi connectivity index (χ2n) is 9.39. The van der Waals surface area contributed by atoms with Crippen molar-refractivity contribution in [3.8, 4) is 11.4 Å². The summed E-state index contributed by atoms with van der Waals surface area (Å²) in [5, 5.41) is 3.05. The minimum Gasteiger partial charge on any atom is -0.378 e. The van der Waals surface area contributed by atoms with Crippen LogP contribution in [0.3, 0.4) is 0 Å². The third kappa shape index (κ3) is 5.45. The molecule has 3 aromatic carbocycles. The fraction of sp³-hybridized carbons (Fsp3) is 0.172. The fourth-order valence-corrected chi connectivity index (χ4v) is 6.24. The summed E-state index contributed by atoms with van der Waals surface area (Å²) in [7, 11) is 3.88. The number of fused-ring (bicyclic) bond motifs is 1. The highest BCUT2D eigenvalue weighted by molar-refractivity contribution is 7.99. The van der Waals surface area contributed by atoms with Crippen molar-refractivity contribution in [3.63, 3.8) is 0 Å². The number of hydrogen-bond donors (Lipinski definition) is 1. The van der Waals surface area contributed by atoms with Crippen LogP contribution in [0.1, 0.15) is 11.1 Å². The summed E-state index contributed by atoms with van der Waals surface area (Å²) in [6.45, 7) is 4.02. The number of rotatable bonds is 7. The van der Waals surface area contributed by atoms with Crippen molar-refractivity contribution in [1.82, 2.24) is 14.1 Å². The Morgan fingerprint density at radius 1 is 1.05 bits per heavy atom. The van der Waals surface area contributed by atoms with Crippen molar-refractivity contribution >= 4 is 62.9 Å². The molecule has 40 heavy (non-hydrogen) atoms. The van der Waals surface area contributed by atoms with Crippen LogP contribution in [0.15, 0.2) is 76.7 Å². The van der Waals surface area contributed by atoms with Crippen LogP contribution >= 0.6 is 35.3 Å². The molecule has 204 valence electrons. The van der Waals surface area contributed by atoms with E-state index in [4.69, 9.17) is 17.2 Å². The Kier molecular flexibility index (Phi) is 7.88. The van der Waals surface area contributed by atoms with E-state index in [1.807, 2.05) is 75.3 Å². The van der Waals surface area contributed by atoms with Crippen LogP contribution in [0.5, 0.6) is 0 Å². The van der Waals surface area contributed by atoms with Crippen molar-refractivity contribution in [2.24, 2.45) is 0 Å². The fourth-order valence-electron chi connectivity index (χ4n) is 4.14. The Morgan fingerprint density at radius 3 is 2.45 bits per heavy atom. The van der Waals surface area contributed by atoms with Gasteiger partial charge in [0.2, 0.25) is 5.91 Å². The first-order chi connectivity index (χ1) is 19.1. The number of thioether (sulfide) groups is 1. The summed E-state index contributed by atoms with van der Waals surface area (Å²) in [5.74, 6) is -0.903. The monoisotopic (exact) mass is 591 g/mol. The lowest BCUT2D eigenvalue weighted by Crippen LogP contribution is -2.23. The van der Waals surface area contributed by atoms with Crippen molar-refractivity contribution in [1.29, 1.82) is 0 Å². The van der Waals surface area contributed by atoms with Gasteiger partial charge in [-0.1, -0.05) is 41.3 Å². The van der Waals surface area contributed by atoms with Crippen LogP contribution in [-0.2, 0) is 4.79 Å². The molecule has 11 heteroatoms. The standard InChI is InChI=1S/C29H26FN5O2S3/c1-17-9-12-21(15-18(17)2)34-26-25(40-29(34)38)27(37)35(23-8-6-5-7-22(23)30)28(32-26)39-16-24(36)31-19-10-13-20(14-11-19)33(3)4/h5-15H,16H2,1-4H3,(H,31,36). The minimum absolute atomic E-state index is 0.0453. The number of amides is 1. The Balaban J connectivity index is 1.57. The van der Waals surface area contributed by atoms with Gasteiger partial charge in [-0.25, -0.2) is 9.37 Å². The Hall–Kier alpha value is -3.80. The lowest BCUT2D eigenvalue weighted by atomic mass is 10.1. The Labute approximate surface area is 243 Å². The molecule has 1 amide bonds. The lowest BCUT2D eigenvalue weighted by Gasteiger charge is -2.14. The number of carbonyl (C=O) groups excluding carboxylic acids is 1. The predicted molar refractivity (Wildman–Crippen MR) is 165 cm³/mol. The van der Waals surface area contributed by atoms with E-state index < -0.39 is 11.4 Å². The molecule has 0 aliphatic carbocycles. The molecule has 0 radical (unpaired) electrons. The molecule has 5 rings (SSSR count). The number of nitrogens with zero attached hydrogens (tertiary/aromatic N) is 4. The van der Waals surface area contributed by atoms with Gasteiger partial charge in [0.25, 0.3) is 5.56 Å². The third-order valence-electron chi connectivity index (χ3n) is 6.42. The Bertz CT molecular complexity index is 1860. The smallest absolute Gasteiger partial charge is 0.278 e. The van der Waals surface area contributed by atoms with Crippen molar-refractivity contribution in [2.75, 3.05) is 30.1 Å². The van der Waals surface area contributed by atoms with Crippen LogP contribution in [-0.4, -0.2) is 39.9 Å². The first-order valence-corrected chi connectivity index (χ1v) is 14.6. The number of halogens is 1. The lowest BCUT2D eigenvalue weighted by molar-refractivity contribution is -0.113. The summed E-state index contributed by atoms with van der Waals surface area (Å²) in [6.07, 6.45) is 0. The number of aromatic nitrogens is 3. The summed E-state index contributed by atoms with van der Waals surface area (Å²) in [4.78, 5) is 33.5. The maximum Gasteiger partial charge on any atom is 0.278 e. The molecule has 0 atom stereocenters. The average molecular weight is 592 g/mol. The molecular formula is C29H26FN5O2S3. The molecule has 0 aliphatic rings. The topological polar surface area (TPSA) is 72.2 Å². The highest BCUT2D eigenvalue weighted by Crippen LogP contribution is 2.29. The van der Waals surface area contributed by atoms with Crippen LogP contribution in [0.25, 0.3) is 21.7 Å². The molecule has 0 bridgehead atoms. The second kappa shape index (κ2) is 11.4. The van der Waals surface area contributed by atoms with E-state index in [-0.39, 0.29) is 22.5 Å². The number of anilines is 2. The molecule has 0 unspecified atom stereocenters. The SMILES string of the molecule is Cc1ccc(-n2c(=S)sc3c(=O)n(-c4ccccc4F)c(SCC(=O)Nc4ccc(N(C)C)cc4)nc32)cc1C. The number of benzene rings is 3. The summed E-state index contributed by atoms with van der Waals surface area (Å²) < 4.78 is 18.7. The first kappa shape index (κ1) is 27.8. The van der Waals surface area contributed by atoms with E-state index in [0.717, 1.165) is 45.6 Å². The van der Waals surface area contributed by atoms with Crippen LogP contribution in [0.4, 0.5) is 15.8 Å². The first-order valence-electron chi connectivity index (χ1n) is 12.3. The molecule has 2 aromatic heterocycles. The molecule has 0 saturated carbocycles. The molecule has 5 aromatic rings. The Morgan fingerprint density at radius 2 is 1.77 bits per heavy atom. The van der Waals surface area contributed by atoms with E-state index >= 15 is 0 Å². The molecule has 1 N–H and O–H groups in total. The van der Waals surface area contributed by atoms with Crippen LogP contribution in [0.2, 0.25) is 0 Å². The highest BCUT2D eigenvalue weighted by atomic mass is 32.2. The second-order valence-corrected chi connectivity index (χ2v) is 12.0. The maximum atomic E-state index is 14.9. The van der Waals surface area contributed by atoms with E-state index in [9.17, 15) is 14.0 Å². The van der Waals surface area contributed by atoms with E-state index in [0.29, 0.717) is 20.0 Å². The van der Waals surface area contributed by atoms with Crippen molar-refractivity contribution in [3.05, 3.63) is 98.0 Å². The quantitative estimate of drug-likeness (QED) is 0.132. The van der Waals surface area contributed by atoms with Crippen molar-refractivity contribution in [2.45, 2.75) is 19.0 Å². The number of para-hydroxylation sites is 1. The molecule has 7 nitrogen and oxygen atoms in total. The molecule has 0 saturated heterocycles. The minimum atomic E-state index is -0.574. The highest BCUT2D eigenvalue weighted by Gasteiger charge is 2.21. The molecule has 0 aliphatic heterocycles. The van der Waals surface area contributed by atoms with Gasteiger partial charge in [0.15, 0.2) is 14.8 Å². The van der Waals surface area contributed by atoms with Crippen molar-refractivity contribution < 1.29 is 9.18 Å². The molecule has 0 spiro atoms. The number of aryl methyl sites for hydroxylation is 2. The van der Waals surface area contributed by atoms with E-state index in [2.05, 4.69) is 5.32 Å². The van der Waals surface area contributed by atoms with Gasteiger partial charge in [0.05, 0.1) is 11.4 Å². The van der Waals surface area contributed by atoms with Gasteiger partial charge in [0, 0.05) is 31.2 Å². The van der Waals surface area contributed by atoms with Gasteiger partial charge < -0.3 is 10.2 Å². The maximum absolute atomic E-state index is 14.9. The van der Waals surface area contributed by atoms with Gasteiger partial charge in [-0.2, -0.15) is 0 Å². The zero-order chi connectivity index (χ0) is 28.6. The van der Waals surface area contributed by atoms with Gasteiger partial charge in [-0.3, -0.25) is 18.7 Å². The molecule has 0 fully saturated rings. The van der Waals surface area contributed by atoms with Crippen LogP contribution in [0, 0.1) is 23.6 Å². The average Bonchev–Trinajstić information content (AvgIpc) is 3.26. The molecule has 2 heterocycles. The summed E-state index contributed by atoms with van der Waals surface area (Å²) in [5.41, 5.74) is 4.62. The van der Waals surface area contributed by atoms with Gasteiger partial charge in [-0.15, -0.1) is 0 Å². The third-order valence-corrected chi connectivity index (χ3v) is 8.71. The number of nitrogens with one attached hydrogen (secondary N) is 1. The largest absolute Gasteiger partial charge is 0.378 e.